The maximum Gasteiger partial charge on any atom is 0.188 e. The first-order valence-electron chi connectivity index (χ1n) is 10.3. The lowest BCUT2D eigenvalue weighted by Gasteiger charge is -2.25. The van der Waals surface area contributed by atoms with Gasteiger partial charge in [0, 0.05) is 5.56 Å². The van der Waals surface area contributed by atoms with Gasteiger partial charge in [-0.2, -0.15) is 0 Å². The average molecular weight is 402 g/mol. The third kappa shape index (κ3) is 4.00. The van der Waals surface area contributed by atoms with Gasteiger partial charge in [0.1, 0.15) is 29.8 Å². The third-order valence-electron chi connectivity index (χ3n) is 5.86. The van der Waals surface area contributed by atoms with Crippen molar-refractivity contribution >= 4 is 29.1 Å². The van der Waals surface area contributed by atoms with Gasteiger partial charge in [0.2, 0.25) is 0 Å². The quantitative estimate of drug-likeness (QED) is 0.552. The summed E-state index contributed by atoms with van der Waals surface area (Å²) in [5.41, 5.74) is 1.32. The Morgan fingerprint density at radius 2 is 1.41 bits per heavy atom. The van der Waals surface area contributed by atoms with Gasteiger partial charge in [0.05, 0.1) is 19.1 Å². The molecule has 0 saturated heterocycles. The summed E-state index contributed by atoms with van der Waals surface area (Å²) >= 11 is 0. The molecule has 0 aliphatic carbocycles. The topological polar surface area (TPSA) is 21.6 Å². The van der Waals surface area contributed by atoms with E-state index in [0.29, 0.717) is 12.5 Å². The minimum absolute atomic E-state index is 0.279. The average Bonchev–Trinajstić information content (AvgIpc) is 3.24. The highest BCUT2D eigenvalue weighted by Gasteiger charge is 2.42. The van der Waals surface area contributed by atoms with Crippen LogP contribution in [-0.4, -0.2) is 25.2 Å². The number of rotatable bonds is 6. The van der Waals surface area contributed by atoms with Crippen molar-refractivity contribution in [2.45, 2.75) is 26.3 Å². The molecule has 3 aromatic rings. The molecule has 1 aliphatic heterocycles. The molecule has 1 atom stereocenters. The maximum atomic E-state index is 5.97. The fraction of sp³-hybridized carbons (Fsp3) is 0.269. The highest BCUT2D eigenvalue weighted by atomic mass is 31.2. The first-order chi connectivity index (χ1) is 14.1. The van der Waals surface area contributed by atoms with E-state index >= 15 is 0 Å². The summed E-state index contributed by atoms with van der Waals surface area (Å²) in [6.45, 7) is 7.56. The van der Waals surface area contributed by atoms with Gasteiger partial charge in [-0.25, -0.2) is 4.99 Å². The summed E-state index contributed by atoms with van der Waals surface area (Å²) in [5.74, 6) is 1.39. The summed E-state index contributed by atoms with van der Waals surface area (Å²) < 4.78 is 5.97. The number of ether oxygens (including phenoxy) is 1. The van der Waals surface area contributed by atoms with Crippen LogP contribution in [0.4, 0.5) is 0 Å². The van der Waals surface area contributed by atoms with Gasteiger partial charge in [0.25, 0.3) is 0 Å². The SMILES string of the molecule is CC(C)C1COC(Cc2ccccc2[P+](C)(c2ccccc2)c2ccccc2)=N1. The molecule has 3 aromatic carbocycles. The van der Waals surface area contributed by atoms with Crippen LogP contribution in [0.2, 0.25) is 0 Å². The van der Waals surface area contributed by atoms with Crippen molar-refractivity contribution in [3.8, 4) is 0 Å². The van der Waals surface area contributed by atoms with E-state index in [1.54, 1.807) is 0 Å². The van der Waals surface area contributed by atoms with Gasteiger partial charge in [-0.05, 0) is 36.2 Å². The Labute approximate surface area is 175 Å². The van der Waals surface area contributed by atoms with Crippen molar-refractivity contribution in [1.82, 2.24) is 0 Å². The van der Waals surface area contributed by atoms with Gasteiger partial charge in [-0.1, -0.05) is 68.4 Å². The van der Waals surface area contributed by atoms with Crippen LogP contribution in [0.3, 0.4) is 0 Å². The van der Waals surface area contributed by atoms with Crippen molar-refractivity contribution in [2.75, 3.05) is 13.3 Å². The fourth-order valence-electron chi connectivity index (χ4n) is 4.02. The number of aliphatic imine (C=N–C) groups is 1. The van der Waals surface area contributed by atoms with Crippen LogP contribution in [0.25, 0.3) is 0 Å². The molecule has 0 saturated carbocycles. The van der Waals surface area contributed by atoms with Gasteiger partial charge < -0.3 is 4.74 Å². The lowest BCUT2D eigenvalue weighted by molar-refractivity contribution is 0.287. The molecule has 0 amide bonds. The van der Waals surface area contributed by atoms with Crippen molar-refractivity contribution in [3.05, 3.63) is 90.5 Å². The van der Waals surface area contributed by atoms with Crippen LogP contribution in [0.5, 0.6) is 0 Å². The lowest BCUT2D eigenvalue weighted by Crippen LogP contribution is -2.32. The van der Waals surface area contributed by atoms with E-state index in [1.165, 1.54) is 21.5 Å². The highest BCUT2D eigenvalue weighted by molar-refractivity contribution is 7.95. The molecule has 3 heteroatoms. The van der Waals surface area contributed by atoms with Gasteiger partial charge in [-0.3, -0.25) is 0 Å². The third-order valence-corrected chi connectivity index (χ3v) is 9.92. The summed E-state index contributed by atoms with van der Waals surface area (Å²) in [6, 6.07) is 31.0. The Balaban J connectivity index is 1.80. The molecular formula is C26H29NOP+. The van der Waals surface area contributed by atoms with Gasteiger partial charge in [-0.15, -0.1) is 0 Å². The Morgan fingerprint density at radius 1 is 0.862 bits per heavy atom. The molecule has 1 unspecified atom stereocenters. The first kappa shape index (κ1) is 19.9. The molecule has 148 valence electrons. The van der Waals surface area contributed by atoms with E-state index in [0.717, 1.165) is 12.3 Å². The zero-order valence-corrected chi connectivity index (χ0v) is 18.3. The van der Waals surface area contributed by atoms with Crippen LogP contribution in [0, 0.1) is 5.92 Å². The molecule has 0 spiro atoms. The van der Waals surface area contributed by atoms with E-state index in [2.05, 4.69) is 105 Å². The standard InChI is InChI=1S/C26H29NOP/c1-20(2)24-19-28-26(27-24)18-21-12-10-11-17-25(21)29(3,22-13-6-4-7-14-22)23-15-8-5-9-16-23/h4-17,20,24H,18-19H2,1-3H3/q+1. The number of hydrogen-bond donors (Lipinski definition) is 0. The highest BCUT2D eigenvalue weighted by Crippen LogP contribution is 2.52. The van der Waals surface area contributed by atoms with Crippen molar-refractivity contribution < 1.29 is 4.74 Å². The fourth-order valence-corrected chi connectivity index (χ4v) is 7.52. The Morgan fingerprint density at radius 3 is 1.97 bits per heavy atom. The van der Waals surface area contributed by atoms with Crippen LogP contribution >= 0.6 is 7.26 Å². The number of hydrogen-bond acceptors (Lipinski definition) is 2. The van der Waals surface area contributed by atoms with E-state index < -0.39 is 7.26 Å². The smallest absolute Gasteiger partial charge is 0.188 e. The Bertz CT molecular complexity index is 942. The van der Waals surface area contributed by atoms with Crippen molar-refractivity contribution in [3.63, 3.8) is 0 Å². The van der Waals surface area contributed by atoms with Crippen molar-refractivity contribution in [1.29, 1.82) is 0 Å². The second kappa shape index (κ2) is 8.51. The molecule has 4 rings (SSSR count). The summed E-state index contributed by atoms with van der Waals surface area (Å²) in [6.07, 6.45) is 0.759. The molecule has 1 aliphatic rings. The van der Waals surface area contributed by atoms with Crippen LogP contribution in [-0.2, 0) is 11.2 Å². The van der Waals surface area contributed by atoms with Gasteiger partial charge >= 0.3 is 0 Å². The summed E-state index contributed by atoms with van der Waals surface area (Å²) in [4.78, 5) is 4.86. The van der Waals surface area contributed by atoms with Crippen molar-refractivity contribution in [2.24, 2.45) is 10.9 Å². The largest absolute Gasteiger partial charge is 0.478 e. The molecule has 29 heavy (non-hydrogen) atoms. The maximum absolute atomic E-state index is 5.97. The summed E-state index contributed by atoms with van der Waals surface area (Å²) in [7, 11) is -1.77. The number of benzene rings is 3. The second-order valence-electron chi connectivity index (χ2n) is 8.13. The predicted molar refractivity (Wildman–Crippen MR) is 127 cm³/mol. The van der Waals surface area contributed by atoms with Crippen LogP contribution in [0.1, 0.15) is 19.4 Å². The summed E-state index contributed by atoms with van der Waals surface area (Å²) in [5, 5.41) is 4.21. The minimum Gasteiger partial charge on any atom is -0.478 e. The molecule has 0 bridgehead atoms. The van der Waals surface area contributed by atoms with E-state index in [1.807, 2.05) is 0 Å². The molecule has 2 nitrogen and oxygen atoms in total. The second-order valence-corrected chi connectivity index (χ2v) is 11.7. The van der Waals surface area contributed by atoms with E-state index in [9.17, 15) is 0 Å². The van der Waals surface area contributed by atoms with E-state index in [4.69, 9.17) is 9.73 Å². The Kier molecular flexibility index (Phi) is 5.83. The van der Waals surface area contributed by atoms with Crippen LogP contribution < -0.4 is 15.9 Å². The minimum atomic E-state index is -1.77. The van der Waals surface area contributed by atoms with Gasteiger partial charge in [0.15, 0.2) is 5.90 Å². The zero-order valence-electron chi connectivity index (χ0n) is 17.5. The molecule has 0 fully saturated rings. The Hall–Kier alpha value is -2.44. The lowest BCUT2D eigenvalue weighted by atomic mass is 10.1. The van der Waals surface area contributed by atoms with Crippen LogP contribution in [0.15, 0.2) is 89.9 Å². The zero-order chi connectivity index (χ0) is 20.3. The monoisotopic (exact) mass is 402 g/mol. The molecule has 0 N–H and O–H groups in total. The molecular weight excluding hydrogens is 373 g/mol. The van der Waals surface area contributed by atoms with E-state index in [-0.39, 0.29) is 6.04 Å². The molecule has 1 heterocycles. The molecule has 0 aromatic heterocycles. The normalized spacial score (nSPS) is 16.6. The molecule has 0 radical (unpaired) electrons. The number of nitrogens with zero attached hydrogens (tertiary/aromatic N) is 1. The first-order valence-corrected chi connectivity index (χ1v) is 12.6. The predicted octanol–water partition coefficient (Wildman–Crippen LogP) is 4.61.